The Morgan fingerprint density at radius 2 is 1.83 bits per heavy atom. The Balaban J connectivity index is 1.71. The molecule has 2 heterocycles. The highest BCUT2D eigenvalue weighted by molar-refractivity contribution is 7.28. The maximum atomic E-state index is 13.1. The topological polar surface area (TPSA) is 54.9 Å². The minimum Gasteiger partial charge on any atom is -0.298 e. The number of thiazole rings is 2. The van der Waals surface area contributed by atoms with Crippen LogP contribution in [0, 0.1) is 12.7 Å². The monoisotopic (exact) mass is 377 g/mol. The van der Waals surface area contributed by atoms with Crippen LogP contribution in [-0.2, 0) is 0 Å². The number of aryl methyl sites for hydroxylation is 1. The molecule has 0 atom stereocenters. The predicted molar refractivity (Wildman–Crippen MR) is 96.9 cm³/mol. The summed E-state index contributed by atoms with van der Waals surface area (Å²) in [4.78, 5) is 21.2. The van der Waals surface area contributed by atoms with Crippen molar-refractivity contribution in [1.29, 1.82) is 0 Å². The number of nitrogens with one attached hydrogen (secondary N) is 1. The molecule has 1 amide bonds. The third-order valence-electron chi connectivity index (χ3n) is 3.42. The average molecular weight is 378 g/mol. The molecule has 0 spiro atoms. The number of hydrogen-bond donors (Lipinski definition) is 1. The molecular weight excluding hydrogens is 369 g/mol. The number of amides is 1. The van der Waals surface area contributed by atoms with Crippen LogP contribution in [0.4, 0.5) is 9.52 Å². The molecule has 0 radical (unpaired) electrons. The van der Waals surface area contributed by atoms with Gasteiger partial charge in [-0.3, -0.25) is 10.1 Å². The van der Waals surface area contributed by atoms with E-state index in [1.54, 1.807) is 11.3 Å². The Morgan fingerprint density at radius 1 is 1.12 bits per heavy atom. The molecule has 1 N–H and O–H groups in total. The van der Waals surface area contributed by atoms with Crippen LogP contribution in [0.2, 0.25) is 5.02 Å². The molecule has 0 aliphatic rings. The van der Waals surface area contributed by atoms with Crippen LogP contribution in [0.1, 0.15) is 15.4 Å². The first-order valence-corrected chi connectivity index (χ1v) is 8.95. The number of carbonyl (C=O) groups excluding carboxylic acids is 1. The Morgan fingerprint density at radius 3 is 2.58 bits per heavy atom. The van der Waals surface area contributed by atoms with Crippen molar-refractivity contribution in [3.8, 4) is 0 Å². The molecule has 24 heavy (non-hydrogen) atoms. The molecule has 120 valence electrons. The van der Waals surface area contributed by atoms with Crippen molar-refractivity contribution in [3.63, 3.8) is 0 Å². The number of benzene rings is 2. The van der Waals surface area contributed by atoms with Crippen LogP contribution < -0.4 is 5.32 Å². The lowest BCUT2D eigenvalue weighted by atomic mass is 10.2. The Bertz CT molecular complexity index is 1110. The molecule has 2 aromatic carbocycles. The number of aromatic nitrogens is 2. The smallest absolute Gasteiger partial charge is 0.258 e. The highest BCUT2D eigenvalue weighted by atomic mass is 35.5. The number of rotatable bonds is 2. The van der Waals surface area contributed by atoms with E-state index in [1.165, 1.54) is 23.5 Å². The molecule has 4 rings (SSSR count). The van der Waals surface area contributed by atoms with Gasteiger partial charge in [-0.25, -0.2) is 14.4 Å². The Kier molecular flexibility index (Phi) is 3.71. The summed E-state index contributed by atoms with van der Waals surface area (Å²) < 4.78 is 15.1. The molecule has 8 heteroatoms. The lowest BCUT2D eigenvalue weighted by molar-refractivity contribution is 0.102. The summed E-state index contributed by atoms with van der Waals surface area (Å²) in [6, 6.07) is 7.46. The molecule has 0 bridgehead atoms. The highest BCUT2D eigenvalue weighted by Crippen LogP contribution is 2.36. The van der Waals surface area contributed by atoms with Crippen LogP contribution >= 0.6 is 34.3 Å². The van der Waals surface area contributed by atoms with Crippen molar-refractivity contribution in [3.05, 3.63) is 51.7 Å². The first kappa shape index (κ1) is 15.4. The van der Waals surface area contributed by atoms with Crippen molar-refractivity contribution in [2.75, 3.05) is 5.32 Å². The van der Waals surface area contributed by atoms with E-state index in [9.17, 15) is 9.18 Å². The fourth-order valence-corrected chi connectivity index (χ4v) is 4.63. The fraction of sp³-hybridized carbons (Fsp3) is 0.0625. The lowest BCUT2D eigenvalue weighted by Gasteiger charge is -2.03. The van der Waals surface area contributed by atoms with Gasteiger partial charge < -0.3 is 0 Å². The van der Waals surface area contributed by atoms with E-state index < -0.39 is 11.7 Å². The SMILES string of the molecule is Cc1nc2ccc3nc(NC(=O)c4ccc(F)cc4Cl)sc3c2s1. The molecule has 4 nitrogen and oxygen atoms in total. The Labute approximate surface area is 148 Å². The number of carbonyl (C=O) groups is 1. The van der Waals surface area contributed by atoms with E-state index in [-0.39, 0.29) is 10.6 Å². The van der Waals surface area contributed by atoms with Crippen molar-refractivity contribution in [2.45, 2.75) is 6.92 Å². The first-order chi connectivity index (χ1) is 11.5. The van der Waals surface area contributed by atoms with Gasteiger partial charge in [-0.2, -0.15) is 0 Å². The van der Waals surface area contributed by atoms with E-state index in [2.05, 4.69) is 15.3 Å². The number of hydrogen-bond acceptors (Lipinski definition) is 5. The van der Waals surface area contributed by atoms with Crippen molar-refractivity contribution >= 4 is 65.7 Å². The molecular formula is C16H9ClFN3OS2. The quantitative estimate of drug-likeness (QED) is 0.518. The summed E-state index contributed by atoms with van der Waals surface area (Å²) in [6.45, 7) is 1.96. The summed E-state index contributed by atoms with van der Waals surface area (Å²) in [5.74, 6) is -0.907. The zero-order valence-corrected chi connectivity index (χ0v) is 14.7. The zero-order valence-electron chi connectivity index (χ0n) is 12.3. The second-order valence-electron chi connectivity index (χ2n) is 5.09. The average Bonchev–Trinajstić information content (AvgIpc) is 3.08. The minimum atomic E-state index is -0.487. The summed E-state index contributed by atoms with van der Waals surface area (Å²) >= 11 is 8.91. The molecule has 2 aromatic heterocycles. The molecule has 0 unspecified atom stereocenters. The maximum Gasteiger partial charge on any atom is 0.258 e. The van der Waals surface area contributed by atoms with Gasteiger partial charge in [0.1, 0.15) is 5.82 Å². The number of anilines is 1. The van der Waals surface area contributed by atoms with Crippen molar-refractivity contribution in [1.82, 2.24) is 9.97 Å². The number of halogens is 2. The first-order valence-electron chi connectivity index (χ1n) is 6.94. The lowest BCUT2D eigenvalue weighted by Crippen LogP contribution is -2.12. The summed E-state index contributed by atoms with van der Waals surface area (Å²) in [6.07, 6.45) is 0. The van der Waals surface area contributed by atoms with Gasteiger partial charge >= 0.3 is 0 Å². The van der Waals surface area contributed by atoms with Gasteiger partial charge in [0.05, 0.1) is 36.0 Å². The van der Waals surface area contributed by atoms with Gasteiger partial charge in [0.2, 0.25) is 0 Å². The van der Waals surface area contributed by atoms with Gasteiger partial charge in [-0.05, 0) is 37.3 Å². The van der Waals surface area contributed by atoms with Crippen LogP contribution in [0.15, 0.2) is 30.3 Å². The second kappa shape index (κ2) is 5.77. The van der Waals surface area contributed by atoms with Crippen LogP contribution in [-0.4, -0.2) is 15.9 Å². The van der Waals surface area contributed by atoms with E-state index in [0.29, 0.717) is 5.13 Å². The molecule has 0 saturated heterocycles. The standard InChI is InChI=1S/C16H9ClFN3OS2/c1-7-19-11-4-5-12-14(13(11)23-7)24-16(20-12)21-15(22)9-3-2-8(18)6-10(9)17/h2-6H,1H3,(H,20,21,22). The van der Waals surface area contributed by atoms with Gasteiger partial charge in [0, 0.05) is 0 Å². The predicted octanol–water partition coefficient (Wildman–Crippen LogP) is 5.26. The van der Waals surface area contributed by atoms with Crippen LogP contribution in [0.5, 0.6) is 0 Å². The molecule has 0 aliphatic carbocycles. The second-order valence-corrected chi connectivity index (χ2v) is 7.70. The van der Waals surface area contributed by atoms with Gasteiger partial charge in [-0.15, -0.1) is 11.3 Å². The molecule has 0 saturated carbocycles. The molecule has 0 aliphatic heterocycles. The number of nitrogens with zero attached hydrogens (tertiary/aromatic N) is 2. The van der Waals surface area contributed by atoms with E-state index >= 15 is 0 Å². The van der Waals surface area contributed by atoms with Gasteiger partial charge in [0.15, 0.2) is 5.13 Å². The summed E-state index contributed by atoms with van der Waals surface area (Å²) in [7, 11) is 0. The third-order valence-corrected chi connectivity index (χ3v) is 5.87. The van der Waals surface area contributed by atoms with E-state index in [4.69, 9.17) is 11.6 Å². The third kappa shape index (κ3) is 2.64. The maximum absolute atomic E-state index is 13.1. The van der Waals surface area contributed by atoms with E-state index in [0.717, 1.165) is 31.5 Å². The largest absolute Gasteiger partial charge is 0.298 e. The van der Waals surface area contributed by atoms with Crippen molar-refractivity contribution in [2.24, 2.45) is 0 Å². The molecule has 4 aromatic rings. The van der Waals surface area contributed by atoms with Gasteiger partial charge in [0.25, 0.3) is 5.91 Å². The van der Waals surface area contributed by atoms with Crippen LogP contribution in [0.25, 0.3) is 20.4 Å². The molecule has 0 fully saturated rings. The summed E-state index contributed by atoms with van der Waals surface area (Å²) in [5, 5.41) is 4.24. The highest BCUT2D eigenvalue weighted by Gasteiger charge is 2.15. The minimum absolute atomic E-state index is 0.0640. The zero-order chi connectivity index (χ0) is 16.8. The van der Waals surface area contributed by atoms with Gasteiger partial charge in [-0.1, -0.05) is 22.9 Å². The fourth-order valence-electron chi connectivity index (χ4n) is 2.38. The normalized spacial score (nSPS) is 11.3. The Hall–Kier alpha value is -2.09. The number of fused-ring (bicyclic) bond motifs is 3. The van der Waals surface area contributed by atoms with E-state index in [1.807, 2.05) is 19.1 Å². The summed E-state index contributed by atoms with van der Waals surface area (Å²) in [5.41, 5.74) is 1.93. The van der Waals surface area contributed by atoms with Crippen LogP contribution in [0.3, 0.4) is 0 Å². The van der Waals surface area contributed by atoms with Crippen molar-refractivity contribution < 1.29 is 9.18 Å².